The van der Waals surface area contributed by atoms with Crippen LogP contribution in [0.1, 0.15) is 10.4 Å². The fourth-order valence-electron chi connectivity index (χ4n) is 1.24. The van der Waals surface area contributed by atoms with Gasteiger partial charge in [-0.25, -0.2) is 9.59 Å². The first-order valence-corrected chi connectivity index (χ1v) is 4.98. The Morgan fingerprint density at radius 3 is 2.72 bits per heavy atom. The van der Waals surface area contributed by atoms with Gasteiger partial charge in [0.05, 0.1) is 12.2 Å². The zero-order valence-corrected chi connectivity index (χ0v) is 9.67. The molecule has 18 heavy (non-hydrogen) atoms. The quantitative estimate of drug-likeness (QED) is 0.553. The third-order valence-corrected chi connectivity index (χ3v) is 2.18. The second-order valence-electron chi connectivity index (χ2n) is 3.50. The van der Waals surface area contributed by atoms with Crippen molar-refractivity contribution in [2.24, 2.45) is 0 Å². The number of carboxylic acids is 1. The van der Waals surface area contributed by atoms with Gasteiger partial charge in [-0.3, -0.25) is 0 Å². The van der Waals surface area contributed by atoms with E-state index in [0.29, 0.717) is 0 Å². The summed E-state index contributed by atoms with van der Waals surface area (Å²) in [7, 11) is 1.48. The number of aromatic hydroxyl groups is 1. The first kappa shape index (κ1) is 13.4. The standard InChI is InChI=1S/C12H12N2O4/c1-3-7-14(2)12(18)13-9-6-4-5-8(10(9)15)11(16)17/h1,4-6,15H,7H2,2H3,(H,13,18)(H,16,17). The summed E-state index contributed by atoms with van der Waals surface area (Å²) in [4.78, 5) is 23.6. The van der Waals surface area contributed by atoms with Gasteiger partial charge in [-0.15, -0.1) is 6.42 Å². The van der Waals surface area contributed by atoms with Crippen molar-refractivity contribution < 1.29 is 19.8 Å². The molecular formula is C12H12N2O4. The molecule has 0 fully saturated rings. The predicted molar refractivity (Wildman–Crippen MR) is 65.5 cm³/mol. The number of rotatable bonds is 3. The van der Waals surface area contributed by atoms with E-state index in [1.165, 1.54) is 30.1 Å². The highest BCUT2D eigenvalue weighted by atomic mass is 16.4. The van der Waals surface area contributed by atoms with Gasteiger partial charge in [0.15, 0.2) is 5.75 Å². The molecule has 2 amide bonds. The Morgan fingerprint density at radius 1 is 1.50 bits per heavy atom. The van der Waals surface area contributed by atoms with Crippen molar-refractivity contribution in [2.45, 2.75) is 0 Å². The molecule has 0 bridgehead atoms. The number of para-hydroxylation sites is 1. The van der Waals surface area contributed by atoms with Crippen LogP contribution in [-0.4, -0.2) is 40.7 Å². The minimum Gasteiger partial charge on any atom is -0.505 e. The summed E-state index contributed by atoms with van der Waals surface area (Å²) in [6, 6.07) is 3.51. The van der Waals surface area contributed by atoms with E-state index in [-0.39, 0.29) is 17.8 Å². The summed E-state index contributed by atoms with van der Waals surface area (Å²) in [5.41, 5.74) is -0.267. The van der Waals surface area contributed by atoms with Crippen LogP contribution in [0, 0.1) is 12.3 Å². The molecule has 0 heterocycles. The van der Waals surface area contributed by atoms with Crippen molar-refractivity contribution in [2.75, 3.05) is 18.9 Å². The number of nitrogens with one attached hydrogen (secondary N) is 1. The average molecular weight is 248 g/mol. The van der Waals surface area contributed by atoms with Crippen molar-refractivity contribution in [1.29, 1.82) is 0 Å². The van der Waals surface area contributed by atoms with E-state index in [1.807, 2.05) is 0 Å². The highest BCUT2D eigenvalue weighted by Gasteiger charge is 2.15. The molecule has 0 spiro atoms. The zero-order valence-electron chi connectivity index (χ0n) is 9.67. The van der Waals surface area contributed by atoms with Crippen LogP contribution in [0.15, 0.2) is 18.2 Å². The number of carbonyl (C=O) groups is 2. The first-order chi connectivity index (χ1) is 8.47. The largest absolute Gasteiger partial charge is 0.505 e. The van der Waals surface area contributed by atoms with Gasteiger partial charge in [-0.2, -0.15) is 0 Å². The Hall–Kier alpha value is -2.68. The first-order valence-electron chi connectivity index (χ1n) is 4.98. The third-order valence-electron chi connectivity index (χ3n) is 2.18. The fourth-order valence-corrected chi connectivity index (χ4v) is 1.24. The van der Waals surface area contributed by atoms with E-state index < -0.39 is 17.7 Å². The number of urea groups is 1. The summed E-state index contributed by atoms with van der Waals surface area (Å²) in [5.74, 6) is 0.517. The Balaban J connectivity index is 2.93. The summed E-state index contributed by atoms with van der Waals surface area (Å²) in [6.07, 6.45) is 5.06. The number of benzene rings is 1. The molecule has 94 valence electrons. The Kier molecular flexibility index (Phi) is 4.16. The minimum atomic E-state index is -1.28. The van der Waals surface area contributed by atoms with Crippen molar-refractivity contribution in [3.05, 3.63) is 23.8 Å². The van der Waals surface area contributed by atoms with Gasteiger partial charge in [-0.05, 0) is 12.1 Å². The number of terminal acetylenes is 1. The molecule has 0 atom stereocenters. The summed E-state index contributed by atoms with van der Waals surface area (Å²) < 4.78 is 0. The van der Waals surface area contributed by atoms with Gasteiger partial charge < -0.3 is 20.4 Å². The van der Waals surface area contributed by atoms with Gasteiger partial charge >= 0.3 is 12.0 Å². The molecule has 6 nitrogen and oxygen atoms in total. The van der Waals surface area contributed by atoms with Gasteiger partial charge in [0, 0.05) is 7.05 Å². The number of amides is 2. The van der Waals surface area contributed by atoms with Crippen molar-refractivity contribution in [1.82, 2.24) is 4.90 Å². The van der Waals surface area contributed by atoms with E-state index in [9.17, 15) is 14.7 Å². The van der Waals surface area contributed by atoms with Crippen molar-refractivity contribution in [3.8, 4) is 18.1 Å². The SMILES string of the molecule is C#CCN(C)C(=O)Nc1cccc(C(=O)O)c1O. The van der Waals surface area contributed by atoms with E-state index in [1.54, 1.807) is 0 Å². The van der Waals surface area contributed by atoms with Crippen LogP contribution in [-0.2, 0) is 0 Å². The molecule has 1 rings (SSSR count). The normalized spacial score (nSPS) is 9.33. The zero-order chi connectivity index (χ0) is 13.7. The highest BCUT2D eigenvalue weighted by Crippen LogP contribution is 2.27. The molecule has 0 unspecified atom stereocenters. The van der Waals surface area contributed by atoms with E-state index in [2.05, 4.69) is 11.2 Å². The number of carboxylic acid groups (broad SMARTS) is 1. The number of hydrogen-bond donors (Lipinski definition) is 3. The third kappa shape index (κ3) is 2.92. The Labute approximate surface area is 104 Å². The van der Waals surface area contributed by atoms with Crippen LogP contribution in [0.25, 0.3) is 0 Å². The van der Waals surface area contributed by atoms with E-state index in [4.69, 9.17) is 11.5 Å². The molecule has 0 radical (unpaired) electrons. The molecule has 0 aliphatic carbocycles. The van der Waals surface area contributed by atoms with Crippen LogP contribution in [0.4, 0.5) is 10.5 Å². The van der Waals surface area contributed by atoms with Crippen LogP contribution >= 0.6 is 0 Å². The van der Waals surface area contributed by atoms with Gasteiger partial charge in [0.1, 0.15) is 5.56 Å². The number of aromatic carboxylic acids is 1. The maximum Gasteiger partial charge on any atom is 0.339 e. The minimum absolute atomic E-state index is 0.0174. The van der Waals surface area contributed by atoms with Crippen LogP contribution in [0.5, 0.6) is 5.75 Å². The second-order valence-corrected chi connectivity index (χ2v) is 3.50. The predicted octanol–water partition coefficient (Wildman–Crippen LogP) is 1.19. The molecule has 6 heteroatoms. The van der Waals surface area contributed by atoms with Crippen molar-refractivity contribution in [3.63, 3.8) is 0 Å². The van der Waals surface area contributed by atoms with Crippen LogP contribution in [0.3, 0.4) is 0 Å². The summed E-state index contributed by atoms with van der Waals surface area (Å²) >= 11 is 0. The number of carbonyl (C=O) groups excluding carboxylic acids is 1. The summed E-state index contributed by atoms with van der Waals surface area (Å²) in [5, 5.41) is 20.8. The number of nitrogens with zero attached hydrogens (tertiary/aromatic N) is 1. The molecule has 0 aliphatic rings. The lowest BCUT2D eigenvalue weighted by Gasteiger charge is -2.16. The number of anilines is 1. The topological polar surface area (TPSA) is 89.9 Å². The fraction of sp³-hybridized carbons (Fsp3) is 0.167. The van der Waals surface area contributed by atoms with E-state index >= 15 is 0 Å². The molecule has 0 aliphatic heterocycles. The molecular weight excluding hydrogens is 236 g/mol. The molecule has 0 saturated heterocycles. The Morgan fingerprint density at radius 2 is 2.17 bits per heavy atom. The summed E-state index contributed by atoms with van der Waals surface area (Å²) in [6.45, 7) is 0.102. The maximum atomic E-state index is 11.6. The molecule has 0 saturated carbocycles. The average Bonchev–Trinajstić information content (AvgIpc) is 2.31. The lowest BCUT2D eigenvalue weighted by atomic mass is 10.1. The lowest BCUT2D eigenvalue weighted by molar-refractivity contribution is 0.0693. The second kappa shape index (κ2) is 5.59. The molecule has 3 N–H and O–H groups in total. The smallest absolute Gasteiger partial charge is 0.339 e. The van der Waals surface area contributed by atoms with Crippen molar-refractivity contribution >= 4 is 17.7 Å². The maximum absolute atomic E-state index is 11.6. The van der Waals surface area contributed by atoms with E-state index in [0.717, 1.165) is 0 Å². The lowest BCUT2D eigenvalue weighted by Crippen LogP contribution is -2.31. The molecule has 0 aromatic heterocycles. The van der Waals surface area contributed by atoms with Gasteiger partial charge in [0.25, 0.3) is 0 Å². The van der Waals surface area contributed by atoms with Gasteiger partial charge in [-0.1, -0.05) is 12.0 Å². The molecule has 1 aromatic rings. The molecule has 1 aromatic carbocycles. The van der Waals surface area contributed by atoms with Gasteiger partial charge in [0.2, 0.25) is 0 Å². The van der Waals surface area contributed by atoms with Crippen LogP contribution in [0.2, 0.25) is 0 Å². The number of hydrogen-bond acceptors (Lipinski definition) is 3. The highest BCUT2D eigenvalue weighted by molar-refractivity contribution is 5.97. The van der Waals surface area contributed by atoms with Crippen LogP contribution < -0.4 is 5.32 Å². The Bertz CT molecular complexity index is 519. The monoisotopic (exact) mass is 248 g/mol. The number of phenols is 1.